The molecule has 1 heterocycles. The number of ketones is 1. The van der Waals surface area contributed by atoms with Gasteiger partial charge in [-0.25, -0.2) is 0 Å². The molecule has 0 saturated heterocycles. The standard InChI is InChI=1S/C22H16ClNO3/c23-14-7-9-18-17(10-14)22(27,21(26)24-18)11-19(25)15-8-6-13-5-4-12-2-1-3-16(15)20(12)13/h1-3,6-10,27H,4-5,11H2,(H,24,26)/t22-/m1/s1. The highest BCUT2D eigenvalue weighted by Crippen LogP contribution is 2.41. The van der Waals surface area contributed by atoms with Crippen molar-refractivity contribution in [3.63, 3.8) is 0 Å². The van der Waals surface area contributed by atoms with Crippen molar-refractivity contribution in [1.29, 1.82) is 0 Å². The van der Waals surface area contributed by atoms with E-state index in [1.54, 1.807) is 12.1 Å². The molecule has 134 valence electrons. The molecule has 0 fully saturated rings. The highest BCUT2D eigenvalue weighted by molar-refractivity contribution is 6.31. The Balaban J connectivity index is 1.59. The Bertz CT molecular complexity index is 1140. The third-order valence-electron chi connectivity index (χ3n) is 5.64. The number of Topliss-reactive ketones (excluding diaryl/α,β-unsaturated/α-hetero) is 1. The summed E-state index contributed by atoms with van der Waals surface area (Å²) in [5.74, 6) is -0.866. The van der Waals surface area contributed by atoms with E-state index in [1.807, 2.05) is 24.3 Å². The zero-order valence-electron chi connectivity index (χ0n) is 14.4. The fourth-order valence-corrected chi connectivity index (χ4v) is 4.48. The van der Waals surface area contributed by atoms with E-state index in [1.165, 1.54) is 17.2 Å². The fraction of sp³-hybridized carbons (Fsp3) is 0.182. The van der Waals surface area contributed by atoms with Crippen LogP contribution < -0.4 is 5.32 Å². The minimum atomic E-state index is -1.92. The summed E-state index contributed by atoms with van der Waals surface area (Å²) >= 11 is 6.04. The summed E-state index contributed by atoms with van der Waals surface area (Å²) in [6.07, 6.45) is 1.62. The fourth-order valence-electron chi connectivity index (χ4n) is 4.31. The molecule has 5 heteroatoms. The number of hydrogen-bond donors (Lipinski definition) is 2. The monoisotopic (exact) mass is 377 g/mol. The second kappa shape index (κ2) is 5.65. The summed E-state index contributed by atoms with van der Waals surface area (Å²) in [5, 5.41) is 16.1. The lowest BCUT2D eigenvalue weighted by atomic mass is 9.86. The van der Waals surface area contributed by atoms with Gasteiger partial charge in [-0.1, -0.05) is 41.9 Å². The van der Waals surface area contributed by atoms with E-state index in [2.05, 4.69) is 11.4 Å². The van der Waals surface area contributed by atoms with Crippen molar-refractivity contribution in [2.75, 3.05) is 5.32 Å². The van der Waals surface area contributed by atoms with Crippen LogP contribution in [0.15, 0.2) is 48.5 Å². The van der Waals surface area contributed by atoms with Gasteiger partial charge in [-0.3, -0.25) is 9.59 Å². The van der Waals surface area contributed by atoms with Crippen molar-refractivity contribution in [1.82, 2.24) is 0 Å². The Morgan fingerprint density at radius 1 is 1.11 bits per heavy atom. The smallest absolute Gasteiger partial charge is 0.261 e. The van der Waals surface area contributed by atoms with Crippen molar-refractivity contribution in [2.45, 2.75) is 24.9 Å². The highest BCUT2D eigenvalue weighted by atomic mass is 35.5. The van der Waals surface area contributed by atoms with Gasteiger partial charge < -0.3 is 10.4 Å². The average molecular weight is 378 g/mol. The summed E-state index contributed by atoms with van der Waals surface area (Å²) in [7, 11) is 0. The molecule has 1 aliphatic heterocycles. The molecule has 5 rings (SSSR count). The van der Waals surface area contributed by atoms with Crippen molar-refractivity contribution in [2.24, 2.45) is 0 Å². The van der Waals surface area contributed by atoms with Crippen molar-refractivity contribution < 1.29 is 14.7 Å². The van der Waals surface area contributed by atoms with Gasteiger partial charge in [-0.15, -0.1) is 0 Å². The summed E-state index contributed by atoms with van der Waals surface area (Å²) in [6, 6.07) is 14.6. The summed E-state index contributed by atoms with van der Waals surface area (Å²) < 4.78 is 0. The Morgan fingerprint density at radius 2 is 1.89 bits per heavy atom. The maximum atomic E-state index is 13.1. The van der Waals surface area contributed by atoms with Crippen LogP contribution in [0.1, 0.15) is 33.5 Å². The molecular formula is C22H16ClNO3. The quantitative estimate of drug-likeness (QED) is 0.678. The zero-order valence-corrected chi connectivity index (χ0v) is 15.1. The molecule has 0 bridgehead atoms. The molecule has 1 amide bonds. The zero-order chi connectivity index (χ0) is 18.8. The maximum absolute atomic E-state index is 13.1. The Labute approximate surface area is 160 Å². The number of carbonyl (C=O) groups is 2. The van der Waals surface area contributed by atoms with Crippen molar-refractivity contribution >= 4 is 39.8 Å². The van der Waals surface area contributed by atoms with E-state index in [4.69, 9.17) is 11.6 Å². The first kappa shape index (κ1) is 16.5. The lowest BCUT2D eigenvalue weighted by Gasteiger charge is -2.20. The van der Waals surface area contributed by atoms with Crippen LogP contribution in [0, 0.1) is 0 Å². The molecule has 2 aliphatic rings. The number of nitrogens with one attached hydrogen (secondary N) is 1. The van der Waals surface area contributed by atoms with Gasteiger partial charge in [-0.05, 0) is 52.9 Å². The molecule has 1 atom stereocenters. The van der Waals surface area contributed by atoms with Gasteiger partial charge in [0.2, 0.25) is 0 Å². The minimum Gasteiger partial charge on any atom is -0.375 e. The first-order chi connectivity index (χ1) is 13.0. The van der Waals surface area contributed by atoms with Crippen LogP contribution in [0.3, 0.4) is 0 Å². The predicted octanol–water partition coefficient (Wildman–Crippen LogP) is 4.00. The number of amides is 1. The number of aliphatic hydroxyl groups is 1. The Kier molecular flexibility index (Phi) is 3.45. The highest BCUT2D eigenvalue weighted by Gasteiger charge is 2.47. The first-order valence-electron chi connectivity index (χ1n) is 8.88. The number of fused-ring (bicyclic) bond motifs is 1. The number of halogens is 1. The molecule has 0 aromatic heterocycles. The number of hydrogen-bond acceptors (Lipinski definition) is 3. The van der Waals surface area contributed by atoms with Crippen LogP contribution in [0.25, 0.3) is 10.8 Å². The molecule has 3 aromatic rings. The third kappa shape index (κ3) is 2.34. The van der Waals surface area contributed by atoms with Crippen molar-refractivity contribution in [3.8, 4) is 0 Å². The Morgan fingerprint density at radius 3 is 2.70 bits per heavy atom. The second-order valence-electron chi connectivity index (χ2n) is 7.22. The van der Waals surface area contributed by atoms with E-state index in [-0.39, 0.29) is 12.2 Å². The van der Waals surface area contributed by atoms with Gasteiger partial charge in [-0.2, -0.15) is 0 Å². The molecule has 0 saturated carbocycles. The number of rotatable bonds is 3. The van der Waals surface area contributed by atoms with E-state index in [0.717, 1.165) is 23.6 Å². The number of aryl methyl sites for hydroxylation is 2. The maximum Gasteiger partial charge on any atom is 0.261 e. The number of anilines is 1. The lowest BCUT2D eigenvalue weighted by Crippen LogP contribution is -2.36. The normalized spacial score (nSPS) is 20.0. The van der Waals surface area contributed by atoms with Crippen LogP contribution in [-0.2, 0) is 23.2 Å². The molecule has 1 aliphatic carbocycles. The average Bonchev–Trinajstić information content (AvgIpc) is 3.17. The van der Waals surface area contributed by atoms with Crippen LogP contribution in [0.5, 0.6) is 0 Å². The molecule has 2 N–H and O–H groups in total. The molecule has 0 radical (unpaired) electrons. The van der Waals surface area contributed by atoms with Crippen LogP contribution >= 0.6 is 11.6 Å². The Hall–Kier alpha value is -2.69. The summed E-state index contributed by atoms with van der Waals surface area (Å²) in [5.41, 5.74) is 1.94. The molecule has 27 heavy (non-hydrogen) atoms. The third-order valence-corrected chi connectivity index (χ3v) is 5.88. The topological polar surface area (TPSA) is 66.4 Å². The van der Waals surface area contributed by atoms with Crippen LogP contribution in [0.2, 0.25) is 5.02 Å². The van der Waals surface area contributed by atoms with E-state index < -0.39 is 11.5 Å². The van der Waals surface area contributed by atoms with Gasteiger partial charge in [0.05, 0.1) is 6.42 Å². The van der Waals surface area contributed by atoms with Gasteiger partial charge >= 0.3 is 0 Å². The number of benzene rings is 3. The van der Waals surface area contributed by atoms with Gasteiger partial charge in [0, 0.05) is 21.8 Å². The molecule has 4 nitrogen and oxygen atoms in total. The number of carbonyl (C=O) groups excluding carboxylic acids is 2. The van der Waals surface area contributed by atoms with Gasteiger partial charge in [0.25, 0.3) is 5.91 Å². The van der Waals surface area contributed by atoms with E-state index in [9.17, 15) is 14.7 Å². The molecular weight excluding hydrogens is 362 g/mol. The second-order valence-corrected chi connectivity index (χ2v) is 7.65. The SMILES string of the molecule is O=C(C[C@]1(O)C(=O)Nc2ccc(Cl)cc21)c1ccc2c3c(cccc13)CC2. The van der Waals surface area contributed by atoms with Crippen LogP contribution in [-0.4, -0.2) is 16.8 Å². The van der Waals surface area contributed by atoms with E-state index >= 15 is 0 Å². The van der Waals surface area contributed by atoms with Gasteiger partial charge in [0.15, 0.2) is 11.4 Å². The first-order valence-corrected chi connectivity index (χ1v) is 9.26. The lowest BCUT2D eigenvalue weighted by molar-refractivity contribution is -0.133. The molecule has 3 aromatic carbocycles. The summed E-state index contributed by atoms with van der Waals surface area (Å²) in [6.45, 7) is 0. The molecule has 0 unspecified atom stereocenters. The van der Waals surface area contributed by atoms with Gasteiger partial charge in [0.1, 0.15) is 0 Å². The van der Waals surface area contributed by atoms with Crippen molar-refractivity contribution in [3.05, 3.63) is 75.8 Å². The molecule has 0 spiro atoms. The largest absolute Gasteiger partial charge is 0.375 e. The van der Waals surface area contributed by atoms with E-state index in [0.29, 0.717) is 21.8 Å². The predicted molar refractivity (Wildman–Crippen MR) is 104 cm³/mol. The minimum absolute atomic E-state index is 0.268. The van der Waals surface area contributed by atoms with Crippen LogP contribution in [0.4, 0.5) is 5.69 Å². The summed E-state index contributed by atoms with van der Waals surface area (Å²) in [4.78, 5) is 25.6.